The average molecular weight is 564 g/mol. The molecule has 3 N–H and O–H groups in total. The van der Waals surface area contributed by atoms with E-state index < -0.39 is 5.91 Å². The van der Waals surface area contributed by atoms with Gasteiger partial charge in [0.1, 0.15) is 16.5 Å². The van der Waals surface area contributed by atoms with E-state index in [1.54, 1.807) is 24.3 Å². The molecule has 0 aliphatic carbocycles. The van der Waals surface area contributed by atoms with Crippen molar-refractivity contribution in [2.75, 3.05) is 12.4 Å². The monoisotopic (exact) mass is 563 g/mol. The number of benzene rings is 4. The predicted octanol–water partition coefficient (Wildman–Crippen LogP) is 6.72. The number of nitrogens with zero attached hydrogens (tertiary/aromatic N) is 1. The van der Waals surface area contributed by atoms with Crippen LogP contribution in [0.1, 0.15) is 10.4 Å². The number of carbonyl (C=O) groups is 1. The van der Waals surface area contributed by atoms with E-state index in [4.69, 9.17) is 17.0 Å². The highest BCUT2D eigenvalue weighted by Crippen LogP contribution is 2.38. The molecule has 0 saturated carbocycles. The molecule has 174 valence electrons. The third kappa shape index (κ3) is 4.58. The van der Waals surface area contributed by atoms with Gasteiger partial charge in [-0.05, 0) is 75.3 Å². The fourth-order valence-electron chi connectivity index (χ4n) is 3.76. The van der Waals surface area contributed by atoms with Gasteiger partial charge in [-0.25, -0.2) is 4.98 Å². The second kappa shape index (κ2) is 9.61. The predicted molar refractivity (Wildman–Crippen MR) is 149 cm³/mol. The van der Waals surface area contributed by atoms with Crippen LogP contribution in [-0.2, 0) is 0 Å². The summed E-state index contributed by atoms with van der Waals surface area (Å²) in [7, 11) is 1.52. The smallest absolute Gasteiger partial charge is 0.261 e. The van der Waals surface area contributed by atoms with Crippen molar-refractivity contribution in [2.24, 2.45) is 0 Å². The van der Waals surface area contributed by atoms with Crippen molar-refractivity contribution in [1.82, 2.24) is 10.3 Å². The number of thiazole rings is 1. The van der Waals surface area contributed by atoms with Gasteiger partial charge in [-0.2, -0.15) is 0 Å². The zero-order valence-corrected chi connectivity index (χ0v) is 21.6. The van der Waals surface area contributed by atoms with Crippen LogP contribution >= 0.6 is 39.5 Å². The second-order valence-electron chi connectivity index (χ2n) is 7.62. The van der Waals surface area contributed by atoms with Crippen LogP contribution in [0, 0.1) is 0 Å². The molecule has 1 amide bonds. The van der Waals surface area contributed by atoms with E-state index in [2.05, 4.69) is 31.5 Å². The lowest BCUT2D eigenvalue weighted by Crippen LogP contribution is -2.34. The van der Waals surface area contributed by atoms with Crippen LogP contribution in [0.15, 0.2) is 77.3 Å². The SMILES string of the molecule is COc1c(C(=O)NC(=S)Nc2ccc(O)c(-c3nc4ccccc4s3)c2)cc2ccccc2c1Br. The van der Waals surface area contributed by atoms with Crippen LogP contribution in [0.5, 0.6) is 11.5 Å². The van der Waals surface area contributed by atoms with E-state index in [9.17, 15) is 9.90 Å². The molecule has 6 nitrogen and oxygen atoms in total. The molecule has 0 aliphatic heterocycles. The number of fused-ring (bicyclic) bond motifs is 2. The van der Waals surface area contributed by atoms with Crippen LogP contribution in [0.25, 0.3) is 31.6 Å². The van der Waals surface area contributed by atoms with Gasteiger partial charge in [0.2, 0.25) is 0 Å². The molecular formula is C26H18BrN3O3S2. The van der Waals surface area contributed by atoms with E-state index in [1.807, 2.05) is 48.5 Å². The number of methoxy groups -OCH3 is 1. The highest BCUT2D eigenvalue weighted by molar-refractivity contribution is 9.10. The number of aromatic hydroxyl groups is 1. The maximum absolute atomic E-state index is 13.1. The van der Waals surface area contributed by atoms with Crippen molar-refractivity contribution in [3.63, 3.8) is 0 Å². The molecule has 0 unspecified atom stereocenters. The number of ether oxygens (including phenoxy) is 1. The number of thiocarbonyl (C=S) groups is 1. The van der Waals surface area contributed by atoms with Gasteiger partial charge in [-0.3, -0.25) is 10.1 Å². The van der Waals surface area contributed by atoms with Crippen molar-refractivity contribution < 1.29 is 14.6 Å². The van der Waals surface area contributed by atoms with Crippen molar-refractivity contribution in [2.45, 2.75) is 0 Å². The Kier molecular flexibility index (Phi) is 6.38. The van der Waals surface area contributed by atoms with Crippen LogP contribution < -0.4 is 15.4 Å². The topological polar surface area (TPSA) is 83.5 Å². The third-order valence-electron chi connectivity index (χ3n) is 5.40. The average Bonchev–Trinajstić information content (AvgIpc) is 3.29. The highest BCUT2D eigenvalue weighted by atomic mass is 79.9. The van der Waals surface area contributed by atoms with Crippen molar-refractivity contribution in [3.8, 4) is 22.1 Å². The standard InChI is InChI=1S/C26H18BrN3O3S2/c1-33-23-18(12-14-6-2-3-7-16(14)22(23)27)24(32)30-26(34)28-15-10-11-20(31)17(13-15)25-29-19-8-4-5-9-21(19)35-25/h2-13,31H,1H3,(H2,28,30,32,34). The third-order valence-corrected chi connectivity index (χ3v) is 7.46. The first-order valence-corrected chi connectivity index (χ1v) is 12.5. The highest BCUT2D eigenvalue weighted by Gasteiger charge is 2.19. The Hall–Kier alpha value is -3.53. The van der Waals surface area contributed by atoms with Crippen LogP contribution in [0.3, 0.4) is 0 Å². The Balaban J connectivity index is 1.38. The summed E-state index contributed by atoms with van der Waals surface area (Å²) in [5.74, 6) is 0.123. The lowest BCUT2D eigenvalue weighted by atomic mass is 10.1. The fourth-order valence-corrected chi connectivity index (χ4v) is 5.70. The number of phenolic OH excluding ortho intramolecular Hbond substituents is 1. The summed E-state index contributed by atoms with van der Waals surface area (Å²) in [5, 5.41) is 18.8. The number of amides is 1. The van der Waals surface area contributed by atoms with Gasteiger partial charge in [0.15, 0.2) is 5.11 Å². The number of hydrogen-bond acceptors (Lipinski definition) is 6. The van der Waals surface area contributed by atoms with Gasteiger partial charge in [-0.1, -0.05) is 36.4 Å². The van der Waals surface area contributed by atoms with Gasteiger partial charge in [0.05, 0.1) is 32.9 Å². The fraction of sp³-hybridized carbons (Fsp3) is 0.0385. The normalized spacial score (nSPS) is 10.9. The Labute approximate surface area is 218 Å². The number of para-hydroxylation sites is 1. The number of aromatic nitrogens is 1. The number of anilines is 1. The maximum Gasteiger partial charge on any atom is 0.261 e. The summed E-state index contributed by atoms with van der Waals surface area (Å²) >= 11 is 10.4. The molecule has 35 heavy (non-hydrogen) atoms. The summed E-state index contributed by atoms with van der Waals surface area (Å²) in [6.07, 6.45) is 0. The first kappa shape index (κ1) is 23.2. The Morgan fingerprint density at radius 1 is 1.09 bits per heavy atom. The molecule has 4 aromatic carbocycles. The number of hydrogen-bond donors (Lipinski definition) is 3. The van der Waals surface area contributed by atoms with Crippen molar-refractivity contribution in [1.29, 1.82) is 0 Å². The summed E-state index contributed by atoms with van der Waals surface area (Å²) in [5.41, 5.74) is 2.39. The Morgan fingerprint density at radius 2 is 1.86 bits per heavy atom. The molecule has 0 fully saturated rings. The Morgan fingerprint density at radius 3 is 2.66 bits per heavy atom. The van der Waals surface area contributed by atoms with Crippen LogP contribution in [0.2, 0.25) is 0 Å². The minimum Gasteiger partial charge on any atom is -0.507 e. The molecule has 0 aliphatic rings. The van der Waals surface area contributed by atoms with Crippen molar-refractivity contribution >= 4 is 77.2 Å². The second-order valence-corrected chi connectivity index (χ2v) is 9.85. The van der Waals surface area contributed by atoms with E-state index in [-0.39, 0.29) is 10.9 Å². The minimum absolute atomic E-state index is 0.107. The molecule has 5 rings (SSSR count). The van der Waals surface area contributed by atoms with Gasteiger partial charge in [-0.15, -0.1) is 11.3 Å². The zero-order chi connectivity index (χ0) is 24.5. The van der Waals surface area contributed by atoms with Crippen molar-refractivity contribution in [3.05, 3.63) is 82.8 Å². The number of nitrogens with one attached hydrogen (secondary N) is 2. The van der Waals surface area contributed by atoms with Gasteiger partial charge in [0.25, 0.3) is 5.91 Å². The molecule has 1 aromatic heterocycles. The molecule has 5 aromatic rings. The van der Waals surface area contributed by atoms with E-state index >= 15 is 0 Å². The van der Waals surface area contributed by atoms with Gasteiger partial charge in [0, 0.05) is 5.69 Å². The largest absolute Gasteiger partial charge is 0.507 e. The summed E-state index contributed by atoms with van der Waals surface area (Å²) in [4.78, 5) is 17.7. The van der Waals surface area contributed by atoms with Gasteiger partial charge < -0.3 is 15.2 Å². The van der Waals surface area contributed by atoms with Crippen LogP contribution in [0.4, 0.5) is 5.69 Å². The van der Waals surface area contributed by atoms with Crippen LogP contribution in [-0.4, -0.2) is 28.2 Å². The van der Waals surface area contributed by atoms with E-state index in [1.165, 1.54) is 18.4 Å². The number of carbonyl (C=O) groups excluding carboxylic acids is 1. The summed E-state index contributed by atoms with van der Waals surface area (Å²) < 4.78 is 7.23. The first-order chi connectivity index (χ1) is 16.9. The molecular weight excluding hydrogens is 546 g/mol. The number of rotatable bonds is 4. The Bertz CT molecular complexity index is 1580. The number of phenols is 1. The van der Waals surface area contributed by atoms with Gasteiger partial charge >= 0.3 is 0 Å². The maximum atomic E-state index is 13.1. The quantitative estimate of drug-likeness (QED) is 0.166. The zero-order valence-electron chi connectivity index (χ0n) is 18.3. The molecule has 9 heteroatoms. The molecule has 0 saturated heterocycles. The summed E-state index contributed by atoms with van der Waals surface area (Å²) in [6.45, 7) is 0. The molecule has 1 heterocycles. The van der Waals surface area contributed by atoms with E-state index in [0.717, 1.165) is 21.0 Å². The first-order valence-electron chi connectivity index (χ1n) is 10.5. The molecule has 0 bridgehead atoms. The van der Waals surface area contributed by atoms with E-state index in [0.29, 0.717) is 32.0 Å². The summed E-state index contributed by atoms with van der Waals surface area (Å²) in [6, 6.07) is 22.3. The molecule has 0 atom stereocenters. The lowest BCUT2D eigenvalue weighted by molar-refractivity contribution is 0.0975. The molecule has 0 radical (unpaired) electrons. The number of halogens is 1. The lowest BCUT2D eigenvalue weighted by Gasteiger charge is -2.15. The minimum atomic E-state index is -0.407. The molecule has 0 spiro atoms.